The number of carbonyl (C=O) groups is 2. The summed E-state index contributed by atoms with van der Waals surface area (Å²) in [6, 6.07) is 12.0. The van der Waals surface area contributed by atoms with Crippen LogP contribution in [0, 0.1) is 6.92 Å². The number of aryl methyl sites for hydroxylation is 1. The summed E-state index contributed by atoms with van der Waals surface area (Å²) < 4.78 is 0. The Morgan fingerprint density at radius 3 is 2.39 bits per heavy atom. The highest BCUT2D eigenvalue weighted by atomic mass is 32.1. The predicted octanol–water partition coefficient (Wildman–Crippen LogP) is 2.52. The normalized spacial score (nSPS) is 15.0. The minimum Gasteiger partial charge on any atom is -0.347 e. The molecule has 1 saturated carbocycles. The van der Waals surface area contributed by atoms with E-state index >= 15 is 0 Å². The number of benzene rings is 1. The minimum atomic E-state index is -0.576. The van der Waals surface area contributed by atoms with E-state index in [-0.39, 0.29) is 5.41 Å². The van der Waals surface area contributed by atoms with Gasteiger partial charge in [-0.2, -0.15) is 0 Å². The third-order valence-corrected chi connectivity index (χ3v) is 5.38. The number of thiophene rings is 1. The SMILES string of the molecule is Cc1ccc(CNC(=O)C(=O)NCC2(c3cccs3)CC2)cc1. The maximum Gasteiger partial charge on any atom is 0.309 e. The van der Waals surface area contributed by atoms with Gasteiger partial charge in [0.15, 0.2) is 0 Å². The van der Waals surface area contributed by atoms with Crippen molar-refractivity contribution in [2.24, 2.45) is 0 Å². The summed E-state index contributed by atoms with van der Waals surface area (Å²) >= 11 is 1.71. The zero-order chi connectivity index (χ0) is 16.3. The molecule has 1 aromatic carbocycles. The fraction of sp³-hybridized carbons (Fsp3) is 0.333. The summed E-state index contributed by atoms with van der Waals surface area (Å²) in [7, 11) is 0. The van der Waals surface area contributed by atoms with E-state index < -0.39 is 11.8 Å². The summed E-state index contributed by atoms with van der Waals surface area (Å²) in [5.74, 6) is -1.13. The van der Waals surface area contributed by atoms with Gasteiger partial charge >= 0.3 is 11.8 Å². The van der Waals surface area contributed by atoms with Crippen LogP contribution in [0.25, 0.3) is 0 Å². The Morgan fingerprint density at radius 2 is 1.78 bits per heavy atom. The zero-order valence-electron chi connectivity index (χ0n) is 13.1. The van der Waals surface area contributed by atoms with Gasteiger partial charge < -0.3 is 10.6 Å². The van der Waals surface area contributed by atoms with E-state index in [1.54, 1.807) is 11.3 Å². The van der Waals surface area contributed by atoms with Crippen molar-refractivity contribution in [1.29, 1.82) is 0 Å². The molecule has 0 atom stereocenters. The second-order valence-corrected chi connectivity index (χ2v) is 7.06. The van der Waals surface area contributed by atoms with Crippen molar-refractivity contribution in [2.75, 3.05) is 6.54 Å². The molecule has 0 aliphatic heterocycles. The van der Waals surface area contributed by atoms with Crippen LogP contribution in [0.5, 0.6) is 0 Å². The van der Waals surface area contributed by atoms with Crippen LogP contribution in [0.2, 0.25) is 0 Å². The summed E-state index contributed by atoms with van der Waals surface area (Å²) in [4.78, 5) is 25.1. The van der Waals surface area contributed by atoms with Crippen molar-refractivity contribution in [3.63, 3.8) is 0 Å². The molecular formula is C18H20N2O2S. The Balaban J connectivity index is 1.47. The summed E-state index contributed by atoms with van der Waals surface area (Å²) in [5.41, 5.74) is 2.20. The van der Waals surface area contributed by atoms with Crippen LogP contribution in [0.1, 0.15) is 28.8 Å². The molecule has 3 rings (SSSR count). The summed E-state index contributed by atoms with van der Waals surface area (Å²) in [6.07, 6.45) is 2.14. The van der Waals surface area contributed by atoms with E-state index in [1.807, 2.05) is 42.6 Å². The number of carbonyl (C=O) groups excluding carboxylic acids is 2. The van der Waals surface area contributed by atoms with Gasteiger partial charge in [-0.15, -0.1) is 11.3 Å². The number of hydrogen-bond acceptors (Lipinski definition) is 3. The molecule has 2 amide bonds. The molecule has 1 aromatic heterocycles. The smallest absolute Gasteiger partial charge is 0.309 e. The average Bonchev–Trinajstić information content (AvgIpc) is 3.14. The lowest BCUT2D eigenvalue weighted by Gasteiger charge is -2.14. The first-order valence-electron chi connectivity index (χ1n) is 7.75. The van der Waals surface area contributed by atoms with E-state index in [9.17, 15) is 9.59 Å². The molecule has 0 unspecified atom stereocenters. The average molecular weight is 328 g/mol. The lowest BCUT2D eigenvalue weighted by Crippen LogP contribution is -2.42. The Kier molecular flexibility index (Phi) is 4.48. The first-order valence-corrected chi connectivity index (χ1v) is 8.63. The van der Waals surface area contributed by atoms with E-state index in [1.165, 1.54) is 10.4 Å². The fourth-order valence-electron chi connectivity index (χ4n) is 2.54. The molecular weight excluding hydrogens is 308 g/mol. The van der Waals surface area contributed by atoms with Crippen LogP contribution in [0.15, 0.2) is 41.8 Å². The van der Waals surface area contributed by atoms with Crippen molar-refractivity contribution in [3.05, 3.63) is 57.8 Å². The molecule has 4 nitrogen and oxygen atoms in total. The van der Waals surface area contributed by atoms with Gasteiger partial charge in [0.05, 0.1) is 0 Å². The highest BCUT2D eigenvalue weighted by Crippen LogP contribution is 2.49. The van der Waals surface area contributed by atoms with Crippen LogP contribution in [0.4, 0.5) is 0 Å². The van der Waals surface area contributed by atoms with Crippen molar-refractivity contribution >= 4 is 23.2 Å². The number of amides is 2. The molecule has 0 saturated heterocycles. The van der Waals surface area contributed by atoms with Crippen molar-refractivity contribution < 1.29 is 9.59 Å². The van der Waals surface area contributed by atoms with Gasteiger partial charge in [0.2, 0.25) is 0 Å². The summed E-state index contributed by atoms with van der Waals surface area (Å²) in [5, 5.41) is 7.48. The van der Waals surface area contributed by atoms with Gasteiger partial charge in [-0.1, -0.05) is 35.9 Å². The first kappa shape index (κ1) is 15.7. The quantitative estimate of drug-likeness (QED) is 0.829. The second kappa shape index (κ2) is 6.54. The standard InChI is InChI=1S/C18H20N2O2S/c1-13-4-6-14(7-5-13)11-19-16(21)17(22)20-12-18(8-9-18)15-3-2-10-23-15/h2-7,10H,8-9,11-12H2,1H3,(H,19,21)(H,20,22). The number of hydrogen-bond donors (Lipinski definition) is 2. The first-order chi connectivity index (χ1) is 11.1. The van der Waals surface area contributed by atoms with E-state index in [0.717, 1.165) is 18.4 Å². The number of rotatable bonds is 5. The van der Waals surface area contributed by atoms with Gasteiger partial charge in [-0.3, -0.25) is 9.59 Å². The Morgan fingerprint density at radius 1 is 1.09 bits per heavy atom. The van der Waals surface area contributed by atoms with Crippen LogP contribution < -0.4 is 10.6 Å². The maximum absolute atomic E-state index is 11.9. The zero-order valence-corrected chi connectivity index (χ0v) is 13.9. The Hall–Kier alpha value is -2.14. The van der Waals surface area contributed by atoms with E-state index in [4.69, 9.17) is 0 Å². The van der Waals surface area contributed by atoms with Crippen molar-refractivity contribution in [3.8, 4) is 0 Å². The van der Waals surface area contributed by atoms with Crippen LogP contribution in [-0.2, 0) is 21.5 Å². The monoisotopic (exact) mass is 328 g/mol. The van der Waals surface area contributed by atoms with Gasteiger partial charge in [0.25, 0.3) is 0 Å². The molecule has 0 radical (unpaired) electrons. The van der Waals surface area contributed by atoms with Gasteiger partial charge in [-0.25, -0.2) is 0 Å². The highest BCUT2D eigenvalue weighted by molar-refractivity contribution is 7.10. The molecule has 2 N–H and O–H groups in total. The third kappa shape index (κ3) is 3.79. The molecule has 2 aromatic rings. The molecule has 1 fully saturated rings. The van der Waals surface area contributed by atoms with Crippen LogP contribution in [0.3, 0.4) is 0 Å². The maximum atomic E-state index is 11.9. The predicted molar refractivity (Wildman–Crippen MR) is 91.3 cm³/mol. The van der Waals surface area contributed by atoms with E-state index in [0.29, 0.717) is 13.1 Å². The van der Waals surface area contributed by atoms with Crippen LogP contribution >= 0.6 is 11.3 Å². The topological polar surface area (TPSA) is 58.2 Å². The van der Waals surface area contributed by atoms with Crippen molar-refractivity contribution in [2.45, 2.75) is 31.7 Å². The van der Waals surface area contributed by atoms with Crippen molar-refractivity contribution in [1.82, 2.24) is 10.6 Å². The molecule has 5 heteroatoms. The lowest BCUT2D eigenvalue weighted by molar-refractivity contribution is -0.139. The van der Waals surface area contributed by atoms with E-state index in [2.05, 4.69) is 16.7 Å². The summed E-state index contributed by atoms with van der Waals surface area (Å²) in [6.45, 7) is 2.91. The largest absolute Gasteiger partial charge is 0.347 e. The minimum absolute atomic E-state index is 0.0566. The van der Waals surface area contributed by atoms with Crippen LogP contribution in [-0.4, -0.2) is 18.4 Å². The number of nitrogens with one attached hydrogen (secondary N) is 2. The third-order valence-electron chi connectivity index (χ3n) is 4.26. The van der Waals surface area contributed by atoms with Gasteiger partial charge in [0, 0.05) is 23.4 Å². The van der Waals surface area contributed by atoms with Gasteiger partial charge in [0.1, 0.15) is 0 Å². The van der Waals surface area contributed by atoms with Gasteiger partial charge in [-0.05, 0) is 36.8 Å². The fourth-order valence-corrected chi connectivity index (χ4v) is 3.53. The molecule has 1 aliphatic rings. The lowest BCUT2D eigenvalue weighted by atomic mass is 10.1. The molecule has 0 spiro atoms. The Labute approximate surface area is 139 Å². The molecule has 23 heavy (non-hydrogen) atoms. The molecule has 1 heterocycles. The Bertz CT molecular complexity index is 688. The molecule has 120 valence electrons. The second-order valence-electron chi connectivity index (χ2n) is 6.11. The molecule has 0 bridgehead atoms. The molecule has 1 aliphatic carbocycles. The highest BCUT2D eigenvalue weighted by Gasteiger charge is 2.45.